The van der Waals surface area contributed by atoms with E-state index in [4.69, 9.17) is 4.42 Å². The summed E-state index contributed by atoms with van der Waals surface area (Å²) in [4.78, 5) is 42.5. The number of furan rings is 1. The van der Waals surface area contributed by atoms with Gasteiger partial charge in [-0.05, 0) is 50.6 Å². The number of aryl methyl sites for hydroxylation is 1. The highest BCUT2D eigenvalue weighted by molar-refractivity contribution is 5.94. The lowest BCUT2D eigenvalue weighted by Gasteiger charge is -2.34. The number of hydrogen-bond donors (Lipinski definition) is 1. The molecule has 0 spiro atoms. The fourth-order valence-corrected chi connectivity index (χ4v) is 3.57. The van der Waals surface area contributed by atoms with Gasteiger partial charge in [0, 0.05) is 51.4 Å². The number of urea groups is 1. The van der Waals surface area contributed by atoms with Crippen LogP contribution >= 0.6 is 0 Å². The average molecular weight is 427 g/mol. The minimum atomic E-state index is -0.163. The van der Waals surface area contributed by atoms with Crippen LogP contribution in [0.2, 0.25) is 0 Å². The van der Waals surface area contributed by atoms with Gasteiger partial charge in [0.15, 0.2) is 5.76 Å². The maximum Gasteiger partial charge on any atom is 0.317 e. The van der Waals surface area contributed by atoms with Crippen molar-refractivity contribution in [2.45, 2.75) is 27.3 Å². The molecule has 1 N–H and O–H groups in total. The van der Waals surface area contributed by atoms with Crippen molar-refractivity contribution < 1.29 is 18.8 Å². The second-order valence-electron chi connectivity index (χ2n) is 7.52. The molecule has 3 rings (SSSR count). The molecule has 1 aromatic carbocycles. The van der Waals surface area contributed by atoms with E-state index >= 15 is 0 Å². The number of carbonyl (C=O) groups excluding carboxylic acids is 3. The van der Waals surface area contributed by atoms with Gasteiger partial charge < -0.3 is 24.4 Å². The first kappa shape index (κ1) is 22.4. The normalized spacial score (nSPS) is 13.8. The second-order valence-corrected chi connectivity index (χ2v) is 7.52. The van der Waals surface area contributed by atoms with E-state index in [1.54, 1.807) is 45.9 Å². The van der Waals surface area contributed by atoms with Gasteiger partial charge in [-0.25, -0.2) is 4.79 Å². The molecule has 0 bridgehead atoms. The van der Waals surface area contributed by atoms with Gasteiger partial charge in [-0.15, -0.1) is 0 Å². The van der Waals surface area contributed by atoms with Crippen LogP contribution in [0, 0.1) is 6.92 Å². The molecule has 0 unspecified atom stereocenters. The van der Waals surface area contributed by atoms with Gasteiger partial charge >= 0.3 is 6.03 Å². The van der Waals surface area contributed by atoms with Crippen molar-refractivity contribution in [3.05, 3.63) is 59.0 Å². The van der Waals surface area contributed by atoms with Crippen molar-refractivity contribution in [3.8, 4) is 0 Å². The zero-order valence-corrected chi connectivity index (χ0v) is 18.4. The molecule has 166 valence electrons. The quantitative estimate of drug-likeness (QED) is 0.770. The number of amides is 4. The largest absolute Gasteiger partial charge is 0.456 e. The van der Waals surface area contributed by atoms with E-state index in [0.717, 1.165) is 5.56 Å². The Morgan fingerprint density at radius 3 is 2.10 bits per heavy atom. The predicted molar refractivity (Wildman–Crippen MR) is 117 cm³/mol. The number of nitrogens with zero attached hydrogens (tertiary/aromatic N) is 3. The molecule has 8 heteroatoms. The van der Waals surface area contributed by atoms with Gasteiger partial charge in [0.1, 0.15) is 5.76 Å². The molecular weight excluding hydrogens is 396 g/mol. The van der Waals surface area contributed by atoms with E-state index in [1.807, 2.05) is 26.0 Å². The smallest absolute Gasteiger partial charge is 0.317 e. The molecule has 1 aliphatic rings. The highest BCUT2D eigenvalue weighted by atomic mass is 16.3. The van der Waals surface area contributed by atoms with Crippen LogP contribution in [0.5, 0.6) is 0 Å². The van der Waals surface area contributed by atoms with E-state index in [-0.39, 0.29) is 17.8 Å². The molecule has 31 heavy (non-hydrogen) atoms. The van der Waals surface area contributed by atoms with Crippen molar-refractivity contribution in [3.63, 3.8) is 0 Å². The summed E-state index contributed by atoms with van der Waals surface area (Å²) in [5.74, 6) is 0.898. The number of nitrogens with one attached hydrogen (secondary N) is 1. The minimum absolute atomic E-state index is 0.0118. The zero-order valence-electron chi connectivity index (χ0n) is 18.4. The molecule has 2 heterocycles. The van der Waals surface area contributed by atoms with E-state index in [0.29, 0.717) is 62.9 Å². The first-order valence-corrected chi connectivity index (χ1v) is 10.7. The monoisotopic (exact) mass is 426 g/mol. The number of rotatable bonds is 6. The van der Waals surface area contributed by atoms with Crippen molar-refractivity contribution in [1.82, 2.24) is 20.0 Å². The molecule has 1 fully saturated rings. The van der Waals surface area contributed by atoms with Gasteiger partial charge in [0.25, 0.3) is 11.8 Å². The predicted octanol–water partition coefficient (Wildman–Crippen LogP) is 2.74. The lowest BCUT2D eigenvalue weighted by molar-refractivity contribution is 0.0632. The van der Waals surface area contributed by atoms with Gasteiger partial charge in [0.2, 0.25) is 0 Å². The Bertz CT molecular complexity index is 910. The minimum Gasteiger partial charge on any atom is -0.456 e. The fraction of sp³-hybridized carbons (Fsp3) is 0.435. The third-order valence-electron chi connectivity index (χ3n) is 5.50. The third-order valence-corrected chi connectivity index (χ3v) is 5.50. The molecule has 4 amide bonds. The summed E-state index contributed by atoms with van der Waals surface area (Å²) >= 11 is 0. The van der Waals surface area contributed by atoms with Crippen molar-refractivity contribution in [1.29, 1.82) is 0 Å². The van der Waals surface area contributed by atoms with Gasteiger partial charge in [-0.3, -0.25) is 9.59 Å². The highest BCUT2D eigenvalue weighted by Crippen LogP contribution is 2.13. The first-order valence-electron chi connectivity index (χ1n) is 10.7. The van der Waals surface area contributed by atoms with Crippen molar-refractivity contribution in [2.24, 2.45) is 0 Å². The van der Waals surface area contributed by atoms with Crippen LogP contribution in [0.1, 0.15) is 46.1 Å². The number of benzene rings is 1. The van der Waals surface area contributed by atoms with Crippen LogP contribution in [-0.4, -0.2) is 71.8 Å². The van der Waals surface area contributed by atoms with E-state index < -0.39 is 0 Å². The summed E-state index contributed by atoms with van der Waals surface area (Å²) in [6.45, 7) is 9.31. The maximum atomic E-state index is 12.5. The topological polar surface area (TPSA) is 86.1 Å². The average Bonchev–Trinajstić information content (AvgIpc) is 3.24. The molecule has 0 saturated carbocycles. The molecule has 1 aromatic heterocycles. The Labute approximate surface area is 182 Å². The molecule has 1 saturated heterocycles. The highest BCUT2D eigenvalue weighted by Gasteiger charge is 2.26. The molecule has 8 nitrogen and oxygen atoms in total. The van der Waals surface area contributed by atoms with Crippen LogP contribution in [0.3, 0.4) is 0 Å². The van der Waals surface area contributed by atoms with Crippen LogP contribution in [0.4, 0.5) is 4.79 Å². The Hall–Kier alpha value is -3.29. The lowest BCUT2D eigenvalue weighted by atomic mass is 10.1. The zero-order chi connectivity index (χ0) is 22.4. The number of hydrogen-bond acceptors (Lipinski definition) is 4. The van der Waals surface area contributed by atoms with Crippen LogP contribution in [0.25, 0.3) is 0 Å². The SMILES string of the molecule is CCN(CC)C(=O)c1ccc(CNC(=O)N2CCN(C(=O)c3ccc(C)o3)CC2)cc1. The van der Waals surface area contributed by atoms with E-state index in [1.165, 1.54) is 0 Å². The van der Waals surface area contributed by atoms with Crippen LogP contribution in [-0.2, 0) is 6.54 Å². The second kappa shape index (κ2) is 10.1. The molecule has 0 radical (unpaired) electrons. The molecule has 1 aliphatic heterocycles. The van der Waals surface area contributed by atoms with Gasteiger partial charge in [0.05, 0.1) is 0 Å². The van der Waals surface area contributed by atoms with Crippen LogP contribution in [0.15, 0.2) is 40.8 Å². The lowest BCUT2D eigenvalue weighted by Crippen LogP contribution is -2.53. The first-order chi connectivity index (χ1) is 14.9. The van der Waals surface area contributed by atoms with Crippen LogP contribution < -0.4 is 5.32 Å². The van der Waals surface area contributed by atoms with E-state index in [2.05, 4.69) is 5.32 Å². The van der Waals surface area contributed by atoms with Gasteiger partial charge in [-0.1, -0.05) is 12.1 Å². The molecule has 0 aliphatic carbocycles. The summed E-state index contributed by atoms with van der Waals surface area (Å²) < 4.78 is 5.40. The summed E-state index contributed by atoms with van der Waals surface area (Å²) in [6, 6.07) is 10.6. The summed E-state index contributed by atoms with van der Waals surface area (Å²) in [5.41, 5.74) is 1.57. The maximum absolute atomic E-state index is 12.5. The number of piperazine rings is 1. The third kappa shape index (κ3) is 5.45. The van der Waals surface area contributed by atoms with Crippen molar-refractivity contribution in [2.75, 3.05) is 39.3 Å². The fourth-order valence-electron chi connectivity index (χ4n) is 3.57. The molecule has 2 aromatic rings. The summed E-state index contributed by atoms with van der Waals surface area (Å²) in [6.07, 6.45) is 0. The Morgan fingerprint density at radius 1 is 0.935 bits per heavy atom. The Kier molecular flexibility index (Phi) is 7.33. The number of carbonyl (C=O) groups is 3. The Morgan fingerprint density at radius 2 is 1.55 bits per heavy atom. The van der Waals surface area contributed by atoms with E-state index in [9.17, 15) is 14.4 Å². The standard InChI is InChI=1S/C23H30N4O4/c1-4-25(5-2)21(28)19-9-7-18(8-10-19)16-24-23(30)27-14-12-26(13-15-27)22(29)20-11-6-17(3)31-20/h6-11H,4-5,12-16H2,1-3H3,(H,24,30). The van der Waals surface area contributed by atoms with Crippen molar-refractivity contribution >= 4 is 17.8 Å². The summed E-state index contributed by atoms with van der Waals surface area (Å²) in [5, 5.41) is 2.91. The van der Waals surface area contributed by atoms with Gasteiger partial charge in [-0.2, -0.15) is 0 Å². The Balaban J connectivity index is 1.46. The molecule has 0 atom stereocenters. The molecular formula is C23H30N4O4. The summed E-state index contributed by atoms with van der Waals surface area (Å²) in [7, 11) is 0.